The summed E-state index contributed by atoms with van der Waals surface area (Å²) >= 11 is 4.68. The van der Waals surface area contributed by atoms with Crippen molar-refractivity contribution in [3.63, 3.8) is 0 Å². The Labute approximate surface area is 135 Å². The van der Waals surface area contributed by atoms with Crippen LogP contribution in [-0.2, 0) is 14.3 Å². The van der Waals surface area contributed by atoms with E-state index in [0.29, 0.717) is 0 Å². The second kappa shape index (κ2) is 9.59. The Morgan fingerprint density at radius 3 is 2.90 bits per heavy atom. The highest BCUT2D eigenvalue weighted by Crippen LogP contribution is 2.21. The van der Waals surface area contributed by atoms with Crippen LogP contribution in [0.1, 0.15) is 0 Å². The van der Waals surface area contributed by atoms with E-state index in [9.17, 15) is 9.59 Å². The van der Waals surface area contributed by atoms with Crippen LogP contribution >= 0.6 is 27.7 Å². The molecule has 1 unspecified atom stereocenters. The van der Waals surface area contributed by atoms with Crippen LogP contribution in [0.25, 0.3) is 0 Å². The molecule has 2 N–H and O–H groups in total. The van der Waals surface area contributed by atoms with Crippen molar-refractivity contribution >= 4 is 39.6 Å². The summed E-state index contributed by atoms with van der Waals surface area (Å²) in [6.07, 6.45) is 1.52. The summed E-state index contributed by atoms with van der Waals surface area (Å²) in [4.78, 5) is 23.7. The molecule has 0 spiro atoms. The standard InChI is InChI=1S/C14H16BrNO4S/c1-2-6-20-8-12(14(18)19)16-13(17)9-21-11-5-3-4-10(15)7-11/h2-5,7,12H,1,6,8-9H2,(H,16,17)(H,18,19). The maximum absolute atomic E-state index is 11.8. The highest BCUT2D eigenvalue weighted by atomic mass is 79.9. The van der Waals surface area contributed by atoms with Crippen molar-refractivity contribution in [2.75, 3.05) is 19.0 Å². The number of rotatable bonds is 9. The zero-order valence-electron chi connectivity index (χ0n) is 11.3. The largest absolute Gasteiger partial charge is 0.480 e. The minimum atomic E-state index is -1.13. The van der Waals surface area contributed by atoms with Gasteiger partial charge in [-0.2, -0.15) is 0 Å². The van der Waals surface area contributed by atoms with E-state index in [4.69, 9.17) is 9.84 Å². The first-order chi connectivity index (χ1) is 10.0. The molecular weight excluding hydrogens is 358 g/mol. The number of carboxylic acids is 1. The van der Waals surface area contributed by atoms with E-state index in [2.05, 4.69) is 27.8 Å². The third kappa shape index (κ3) is 7.31. The minimum absolute atomic E-state index is 0.0886. The quantitative estimate of drug-likeness (QED) is 0.394. The topological polar surface area (TPSA) is 75.6 Å². The van der Waals surface area contributed by atoms with Crippen molar-refractivity contribution in [1.82, 2.24) is 5.32 Å². The van der Waals surface area contributed by atoms with Gasteiger partial charge in [-0.05, 0) is 18.2 Å². The molecule has 21 heavy (non-hydrogen) atoms. The van der Waals surface area contributed by atoms with Gasteiger partial charge in [-0.25, -0.2) is 4.79 Å². The van der Waals surface area contributed by atoms with Gasteiger partial charge < -0.3 is 15.2 Å². The summed E-state index contributed by atoms with van der Waals surface area (Å²) in [5, 5.41) is 11.4. The van der Waals surface area contributed by atoms with Gasteiger partial charge in [0, 0.05) is 9.37 Å². The molecule has 1 aromatic rings. The summed E-state index contributed by atoms with van der Waals surface area (Å²) in [5.41, 5.74) is 0. The van der Waals surface area contributed by atoms with Gasteiger partial charge in [-0.1, -0.05) is 28.1 Å². The minimum Gasteiger partial charge on any atom is -0.480 e. The summed E-state index contributed by atoms with van der Waals surface area (Å²) in [6, 6.07) is 6.47. The zero-order valence-corrected chi connectivity index (χ0v) is 13.7. The normalized spacial score (nSPS) is 11.7. The zero-order chi connectivity index (χ0) is 15.7. The van der Waals surface area contributed by atoms with Crippen molar-refractivity contribution in [3.05, 3.63) is 41.4 Å². The van der Waals surface area contributed by atoms with E-state index in [1.807, 2.05) is 24.3 Å². The van der Waals surface area contributed by atoms with Gasteiger partial charge in [0.1, 0.15) is 0 Å². The van der Waals surface area contributed by atoms with Gasteiger partial charge >= 0.3 is 5.97 Å². The van der Waals surface area contributed by atoms with Crippen molar-refractivity contribution in [1.29, 1.82) is 0 Å². The molecule has 0 aromatic heterocycles. The number of carbonyl (C=O) groups excluding carboxylic acids is 1. The van der Waals surface area contributed by atoms with Crippen molar-refractivity contribution in [3.8, 4) is 0 Å². The van der Waals surface area contributed by atoms with Gasteiger partial charge in [0.15, 0.2) is 6.04 Å². The van der Waals surface area contributed by atoms with Crippen LogP contribution in [0.3, 0.4) is 0 Å². The third-order valence-corrected chi connectivity index (χ3v) is 3.81. The first kappa shape index (κ1) is 17.7. The highest BCUT2D eigenvalue weighted by molar-refractivity contribution is 9.10. The van der Waals surface area contributed by atoms with Crippen LogP contribution < -0.4 is 5.32 Å². The van der Waals surface area contributed by atoms with Crippen LogP contribution in [0.2, 0.25) is 0 Å². The highest BCUT2D eigenvalue weighted by Gasteiger charge is 2.19. The maximum atomic E-state index is 11.8. The van der Waals surface area contributed by atoms with E-state index >= 15 is 0 Å². The van der Waals surface area contributed by atoms with Gasteiger partial charge in [-0.15, -0.1) is 18.3 Å². The number of ether oxygens (including phenoxy) is 1. The van der Waals surface area contributed by atoms with E-state index in [1.165, 1.54) is 17.8 Å². The molecule has 0 heterocycles. The number of carbonyl (C=O) groups is 2. The Morgan fingerprint density at radius 2 is 2.29 bits per heavy atom. The average Bonchev–Trinajstić information content (AvgIpc) is 2.44. The molecule has 0 saturated carbocycles. The third-order valence-electron chi connectivity index (χ3n) is 2.32. The molecule has 0 saturated heterocycles. The summed E-state index contributed by atoms with van der Waals surface area (Å²) < 4.78 is 5.98. The van der Waals surface area contributed by atoms with Gasteiger partial charge in [-0.3, -0.25) is 4.79 Å². The Kier molecular flexibility index (Phi) is 8.11. The van der Waals surface area contributed by atoms with Gasteiger partial charge in [0.25, 0.3) is 0 Å². The first-order valence-corrected chi connectivity index (χ1v) is 7.90. The number of halogens is 1. The number of thioether (sulfide) groups is 1. The predicted molar refractivity (Wildman–Crippen MR) is 85.4 cm³/mol. The second-order valence-corrected chi connectivity index (χ2v) is 5.99. The van der Waals surface area contributed by atoms with Crippen LogP contribution in [0, 0.1) is 0 Å². The summed E-state index contributed by atoms with van der Waals surface area (Å²) in [6.45, 7) is 3.62. The summed E-state index contributed by atoms with van der Waals surface area (Å²) in [5.74, 6) is -1.34. The second-order valence-electron chi connectivity index (χ2n) is 4.03. The molecular formula is C14H16BrNO4S. The number of nitrogens with one attached hydrogen (secondary N) is 1. The van der Waals surface area contributed by atoms with Crippen molar-refractivity contribution in [2.24, 2.45) is 0 Å². The molecule has 0 bridgehead atoms. The average molecular weight is 374 g/mol. The molecule has 0 aliphatic rings. The predicted octanol–water partition coefficient (Wildman–Crippen LogP) is 2.31. The lowest BCUT2D eigenvalue weighted by atomic mass is 10.3. The molecule has 5 nitrogen and oxygen atoms in total. The molecule has 0 aliphatic carbocycles. The van der Waals surface area contributed by atoms with Crippen LogP contribution in [-0.4, -0.2) is 42.0 Å². The Balaban J connectivity index is 2.42. The number of carboxylic acid groups (broad SMARTS) is 1. The van der Waals surface area contributed by atoms with Crippen LogP contribution in [0.15, 0.2) is 46.3 Å². The number of hydrogen-bond acceptors (Lipinski definition) is 4. The SMILES string of the molecule is C=CCOCC(NC(=O)CSc1cccc(Br)c1)C(=O)O. The van der Waals surface area contributed by atoms with E-state index < -0.39 is 12.0 Å². The maximum Gasteiger partial charge on any atom is 0.328 e. The molecule has 0 radical (unpaired) electrons. The van der Waals surface area contributed by atoms with E-state index in [-0.39, 0.29) is 24.9 Å². The van der Waals surface area contributed by atoms with Gasteiger partial charge in [0.05, 0.1) is 19.0 Å². The van der Waals surface area contributed by atoms with Crippen molar-refractivity contribution < 1.29 is 19.4 Å². The molecule has 7 heteroatoms. The fourth-order valence-electron chi connectivity index (χ4n) is 1.39. The lowest BCUT2D eigenvalue weighted by Gasteiger charge is -2.14. The smallest absolute Gasteiger partial charge is 0.328 e. The Hall–Kier alpha value is -1.31. The molecule has 1 amide bonds. The lowest BCUT2D eigenvalue weighted by molar-refractivity contribution is -0.143. The van der Waals surface area contributed by atoms with E-state index in [0.717, 1.165) is 9.37 Å². The fraction of sp³-hybridized carbons (Fsp3) is 0.286. The molecule has 1 aromatic carbocycles. The van der Waals surface area contributed by atoms with E-state index in [1.54, 1.807) is 0 Å². The lowest BCUT2D eigenvalue weighted by Crippen LogP contribution is -2.44. The molecule has 0 aliphatic heterocycles. The number of hydrogen-bond donors (Lipinski definition) is 2. The fourth-order valence-corrected chi connectivity index (χ4v) is 2.70. The summed E-state index contributed by atoms with van der Waals surface area (Å²) in [7, 11) is 0. The van der Waals surface area contributed by atoms with Crippen LogP contribution in [0.5, 0.6) is 0 Å². The molecule has 1 atom stereocenters. The molecule has 114 valence electrons. The number of benzene rings is 1. The van der Waals surface area contributed by atoms with Crippen LogP contribution in [0.4, 0.5) is 0 Å². The number of aliphatic carboxylic acids is 1. The Morgan fingerprint density at radius 1 is 1.52 bits per heavy atom. The molecule has 0 fully saturated rings. The first-order valence-electron chi connectivity index (χ1n) is 6.12. The van der Waals surface area contributed by atoms with Gasteiger partial charge in [0.2, 0.25) is 5.91 Å². The Bertz CT molecular complexity index is 510. The van der Waals surface area contributed by atoms with Crippen molar-refractivity contribution in [2.45, 2.75) is 10.9 Å². The molecule has 1 rings (SSSR count). The monoisotopic (exact) mass is 373 g/mol. The number of amides is 1.